The van der Waals surface area contributed by atoms with Crippen LogP contribution in [-0.4, -0.2) is 39.7 Å². The van der Waals surface area contributed by atoms with Gasteiger partial charge in [0.25, 0.3) is 5.56 Å². The van der Waals surface area contributed by atoms with Gasteiger partial charge in [-0.3, -0.25) is 9.36 Å². The molecule has 162 valence electrons. The van der Waals surface area contributed by atoms with Gasteiger partial charge in [-0.2, -0.15) is 0 Å². The molecule has 1 aliphatic heterocycles. The van der Waals surface area contributed by atoms with Gasteiger partial charge in [-0.25, -0.2) is 4.98 Å². The highest BCUT2D eigenvalue weighted by atomic mass is 35.5. The van der Waals surface area contributed by atoms with Gasteiger partial charge in [0.1, 0.15) is 17.7 Å². The van der Waals surface area contributed by atoms with E-state index in [0.29, 0.717) is 22.3 Å². The molecule has 5 nitrogen and oxygen atoms in total. The zero-order chi connectivity index (χ0) is 21.4. The molecule has 0 N–H and O–H groups in total. The maximum atomic E-state index is 13.2. The second kappa shape index (κ2) is 8.64. The lowest BCUT2D eigenvalue weighted by Crippen LogP contribution is -2.46. The van der Waals surface area contributed by atoms with Crippen molar-refractivity contribution in [3.05, 3.63) is 63.7 Å². The lowest BCUT2D eigenvalue weighted by molar-refractivity contribution is 0.0493. The first-order valence-corrected chi connectivity index (χ1v) is 11.7. The Bertz CT molecular complexity index is 1130. The summed E-state index contributed by atoms with van der Waals surface area (Å²) in [5, 5.41) is 0.888. The number of piperidine rings is 1. The molecule has 0 radical (unpaired) electrons. The van der Waals surface area contributed by atoms with Crippen LogP contribution in [0.15, 0.2) is 47.3 Å². The lowest BCUT2D eigenvalue weighted by Gasteiger charge is -2.41. The highest BCUT2D eigenvalue weighted by Gasteiger charge is 2.29. The van der Waals surface area contributed by atoms with Crippen LogP contribution in [0.2, 0.25) is 5.02 Å². The fourth-order valence-corrected chi connectivity index (χ4v) is 4.97. The predicted molar refractivity (Wildman–Crippen MR) is 125 cm³/mol. The summed E-state index contributed by atoms with van der Waals surface area (Å²) in [5.41, 5.74) is 1.28. The second-order valence-corrected chi connectivity index (χ2v) is 9.00. The zero-order valence-electron chi connectivity index (χ0n) is 17.9. The third kappa shape index (κ3) is 3.97. The monoisotopic (exact) mass is 437 g/mol. The molecular weight excluding hydrogens is 410 g/mol. The molecule has 6 heteroatoms. The van der Waals surface area contributed by atoms with Crippen LogP contribution in [-0.2, 0) is 6.42 Å². The maximum absolute atomic E-state index is 13.2. The summed E-state index contributed by atoms with van der Waals surface area (Å²) in [7, 11) is 0. The van der Waals surface area contributed by atoms with Gasteiger partial charge in [0.05, 0.1) is 21.6 Å². The highest BCUT2D eigenvalue weighted by Crippen LogP contribution is 2.29. The van der Waals surface area contributed by atoms with Gasteiger partial charge >= 0.3 is 0 Å². The van der Waals surface area contributed by atoms with E-state index in [4.69, 9.17) is 16.3 Å². The zero-order valence-corrected chi connectivity index (χ0v) is 18.6. The van der Waals surface area contributed by atoms with E-state index in [1.165, 1.54) is 19.3 Å². The summed E-state index contributed by atoms with van der Waals surface area (Å²) < 4.78 is 7.91. The van der Waals surface area contributed by atoms with Crippen LogP contribution in [0.4, 0.5) is 0 Å². The molecule has 1 aliphatic carbocycles. The molecule has 1 saturated heterocycles. The Morgan fingerprint density at radius 3 is 2.45 bits per heavy atom. The minimum atomic E-state index is -0.135. The molecule has 1 saturated carbocycles. The van der Waals surface area contributed by atoms with Crippen molar-refractivity contribution in [2.45, 2.75) is 57.6 Å². The summed E-state index contributed by atoms with van der Waals surface area (Å²) in [6.07, 6.45) is 7.17. The summed E-state index contributed by atoms with van der Waals surface area (Å²) in [5.74, 6) is 1.57. The van der Waals surface area contributed by atoms with Crippen LogP contribution >= 0.6 is 11.6 Å². The molecule has 5 rings (SSSR count). The first-order valence-electron chi connectivity index (χ1n) is 11.4. The second-order valence-electron chi connectivity index (χ2n) is 8.59. The Hall–Kier alpha value is -2.37. The number of halogens is 1. The predicted octanol–water partition coefficient (Wildman–Crippen LogP) is 5.00. The van der Waals surface area contributed by atoms with Crippen molar-refractivity contribution in [3.63, 3.8) is 0 Å². The van der Waals surface area contributed by atoms with E-state index in [-0.39, 0.29) is 11.7 Å². The molecule has 2 heterocycles. The van der Waals surface area contributed by atoms with Crippen molar-refractivity contribution in [2.75, 3.05) is 13.1 Å². The summed E-state index contributed by atoms with van der Waals surface area (Å²) >= 11 is 6.32. The SMILES string of the molecule is CCc1nc2cccc(Cl)c2c(=O)n1-c1ccc(OC2CCN(C3CCC3)CC2)cc1. The molecule has 3 aromatic rings. The van der Waals surface area contributed by atoms with Crippen molar-refractivity contribution in [2.24, 2.45) is 0 Å². The van der Waals surface area contributed by atoms with Crippen LogP contribution in [0.1, 0.15) is 44.9 Å². The van der Waals surface area contributed by atoms with Gasteiger partial charge in [0.15, 0.2) is 0 Å². The van der Waals surface area contributed by atoms with Gasteiger partial charge in [-0.05, 0) is 62.1 Å². The minimum Gasteiger partial charge on any atom is -0.490 e. The van der Waals surface area contributed by atoms with E-state index in [9.17, 15) is 4.79 Å². The van der Waals surface area contributed by atoms with Crippen LogP contribution in [0, 0.1) is 0 Å². The van der Waals surface area contributed by atoms with Crippen molar-refractivity contribution in [3.8, 4) is 11.4 Å². The molecular formula is C25H28ClN3O2. The number of hydrogen-bond acceptors (Lipinski definition) is 4. The van der Waals surface area contributed by atoms with Crippen LogP contribution in [0.5, 0.6) is 5.75 Å². The highest BCUT2D eigenvalue weighted by molar-refractivity contribution is 6.35. The van der Waals surface area contributed by atoms with E-state index in [1.807, 2.05) is 43.3 Å². The summed E-state index contributed by atoms with van der Waals surface area (Å²) in [6, 6.07) is 14.0. The molecule has 2 aromatic carbocycles. The van der Waals surface area contributed by atoms with Crippen molar-refractivity contribution in [1.82, 2.24) is 14.5 Å². The first-order chi connectivity index (χ1) is 15.1. The molecule has 31 heavy (non-hydrogen) atoms. The number of nitrogens with zero attached hydrogens (tertiary/aromatic N) is 3. The molecule has 2 fully saturated rings. The first kappa shape index (κ1) is 20.5. The smallest absolute Gasteiger partial charge is 0.267 e. The number of hydrogen-bond donors (Lipinski definition) is 0. The average Bonchev–Trinajstić information content (AvgIpc) is 2.74. The van der Waals surface area contributed by atoms with Crippen LogP contribution in [0.25, 0.3) is 16.6 Å². The Kier molecular flexibility index (Phi) is 5.72. The molecule has 0 amide bonds. The Morgan fingerprint density at radius 1 is 1.06 bits per heavy atom. The van der Waals surface area contributed by atoms with E-state index in [2.05, 4.69) is 9.88 Å². The van der Waals surface area contributed by atoms with Crippen molar-refractivity contribution < 1.29 is 4.74 Å². The minimum absolute atomic E-state index is 0.135. The van der Waals surface area contributed by atoms with Crippen LogP contribution < -0.4 is 10.3 Å². The van der Waals surface area contributed by atoms with E-state index >= 15 is 0 Å². The number of aryl methyl sites for hydroxylation is 1. The molecule has 2 aliphatic rings. The Balaban J connectivity index is 1.35. The molecule has 0 unspecified atom stereocenters. The van der Waals surface area contributed by atoms with Gasteiger partial charge in [0.2, 0.25) is 0 Å². The quantitative estimate of drug-likeness (QED) is 0.563. The van der Waals surface area contributed by atoms with Gasteiger partial charge in [-0.15, -0.1) is 0 Å². The molecule has 1 aromatic heterocycles. The van der Waals surface area contributed by atoms with Crippen molar-refractivity contribution in [1.29, 1.82) is 0 Å². The summed E-state index contributed by atoms with van der Waals surface area (Å²) in [4.78, 5) is 20.6. The third-order valence-electron chi connectivity index (χ3n) is 6.70. The van der Waals surface area contributed by atoms with Crippen molar-refractivity contribution >= 4 is 22.5 Å². The van der Waals surface area contributed by atoms with Gasteiger partial charge in [0, 0.05) is 25.6 Å². The molecule has 0 bridgehead atoms. The van der Waals surface area contributed by atoms with Gasteiger partial charge < -0.3 is 9.64 Å². The van der Waals surface area contributed by atoms with Crippen LogP contribution in [0.3, 0.4) is 0 Å². The third-order valence-corrected chi connectivity index (χ3v) is 7.01. The molecule has 0 spiro atoms. The lowest BCUT2D eigenvalue weighted by atomic mass is 9.90. The number of likely N-dealkylation sites (tertiary alicyclic amines) is 1. The summed E-state index contributed by atoms with van der Waals surface area (Å²) in [6.45, 7) is 4.26. The van der Waals surface area contributed by atoms with E-state index in [1.54, 1.807) is 10.6 Å². The number of aromatic nitrogens is 2. The Labute approximate surface area is 187 Å². The van der Waals surface area contributed by atoms with E-state index < -0.39 is 0 Å². The average molecular weight is 438 g/mol. The molecule has 0 atom stereocenters. The fourth-order valence-electron chi connectivity index (χ4n) is 4.72. The largest absolute Gasteiger partial charge is 0.490 e. The number of ether oxygens (including phenoxy) is 1. The maximum Gasteiger partial charge on any atom is 0.267 e. The standard InChI is InChI=1S/C25H28ClN3O2/c1-2-23-27-22-8-4-7-21(26)24(22)25(30)29(23)18-9-11-19(12-10-18)31-20-13-15-28(16-14-20)17-5-3-6-17/h4,7-12,17,20H,2-3,5-6,13-16H2,1H3. The van der Waals surface area contributed by atoms with Gasteiger partial charge in [-0.1, -0.05) is 31.0 Å². The van der Waals surface area contributed by atoms with E-state index in [0.717, 1.165) is 49.2 Å². The number of fused-ring (bicyclic) bond motifs is 1. The number of benzene rings is 2. The number of rotatable bonds is 5. The topological polar surface area (TPSA) is 47.4 Å². The fraction of sp³-hybridized carbons (Fsp3) is 0.440. The Morgan fingerprint density at radius 2 is 1.81 bits per heavy atom. The normalized spacial score (nSPS) is 18.3.